The van der Waals surface area contributed by atoms with E-state index in [9.17, 15) is 9.59 Å². The van der Waals surface area contributed by atoms with Crippen molar-refractivity contribution in [2.75, 3.05) is 7.11 Å². The number of benzene rings is 1. The fraction of sp³-hybridized carbons (Fsp3) is 0.333. The van der Waals surface area contributed by atoms with Gasteiger partial charge in [0.2, 0.25) is 6.10 Å². The molecule has 4 nitrogen and oxygen atoms in total. The van der Waals surface area contributed by atoms with E-state index in [1.807, 2.05) is 13.0 Å². The summed E-state index contributed by atoms with van der Waals surface area (Å²) in [5.41, 5.74) is 1.53. The zero-order valence-corrected chi connectivity index (χ0v) is 9.15. The second-order valence-electron chi connectivity index (χ2n) is 3.76. The van der Waals surface area contributed by atoms with E-state index in [-0.39, 0.29) is 12.2 Å². The number of fused-ring (bicyclic) bond motifs is 1. The molecule has 0 N–H and O–H groups in total. The minimum Gasteiger partial charge on any atom is -0.477 e. The number of carbonyl (C=O) groups excluding carboxylic acids is 2. The van der Waals surface area contributed by atoms with Crippen LogP contribution in [0.5, 0.6) is 5.75 Å². The van der Waals surface area contributed by atoms with Crippen LogP contribution >= 0.6 is 0 Å². The molecular weight excluding hydrogens is 208 g/mol. The highest BCUT2D eigenvalue weighted by Gasteiger charge is 2.31. The predicted molar refractivity (Wildman–Crippen MR) is 56.6 cm³/mol. The summed E-state index contributed by atoms with van der Waals surface area (Å²) in [6, 6.07) is 5.31. The Morgan fingerprint density at radius 3 is 2.94 bits per heavy atom. The van der Waals surface area contributed by atoms with E-state index in [4.69, 9.17) is 4.74 Å². The molecule has 0 bridgehead atoms. The van der Waals surface area contributed by atoms with Crippen molar-refractivity contribution in [3.63, 3.8) is 0 Å². The Morgan fingerprint density at radius 1 is 1.50 bits per heavy atom. The molecule has 0 fully saturated rings. The zero-order valence-electron chi connectivity index (χ0n) is 9.15. The van der Waals surface area contributed by atoms with Gasteiger partial charge in [0.1, 0.15) is 5.75 Å². The fourth-order valence-corrected chi connectivity index (χ4v) is 1.70. The third kappa shape index (κ3) is 1.78. The molecule has 1 unspecified atom stereocenters. The van der Waals surface area contributed by atoms with E-state index in [1.54, 1.807) is 12.1 Å². The Hall–Kier alpha value is -1.84. The molecule has 2 rings (SSSR count). The molecule has 0 spiro atoms. The van der Waals surface area contributed by atoms with Crippen LogP contribution < -0.4 is 4.74 Å². The Morgan fingerprint density at radius 2 is 2.25 bits per heavy atom. The number of methoxy groups -OCH3 is 1. The van der Waals surface area contributed by atoms with Gasteiger partial charge < -0.3 is 9.47 Å². The van der Waals surface area contributed by atoms with Crippen LogP contribution in [0.1, 0.15) is 22.3 Å². The first-order chi connectivity index (χ1) is 7.61. The van der Waals surface area contributed by atoms with Crippen LogP contribution in [0.15, 0.2) is 18.2 Å². The second-order valence-corrected chi connectivity index (χ2v) is 3.76. The molecule has 1 aromatic carbocycles. The first-order valence-corrected chi connectivity index (χ1v) is 5.00. The molecule has 0 aliphatic carbocycles. The first-order valence-electron chi connectivity index (χ1n) is 5.00. The van der Waals surface area contributed by atoms with Gasteiger partial charge in [0, 0.05) is 0 Å². The van der Waals surface area contributed by atoms with Gasteiger partial charge in [0.15, 0.2) is 5.78 Å². The molecule has 0 radical (unpaired) electrons. The lowest BCUT2D eigenvalue weighted by molar-refractivity contribution is -0.148. The molecular formula is C12H12O4. The van der Waals surface area contributed by atoms with Crippen molar-refractivity contribution in [1.29, 1.82) is 0 Å². The average Bonchev–Trinajstić information content (AvgIpc) is 2.28. The van der Waals surface area contributed by atoms with Gasteiger partial charge in [-0.2, -0.15) is 0 Å². The maximum atomic E-state index is 11.8. The molecule has 0 saturated carbocycles. The van der Waals surface area contributed by atoms with Crippen LogP contribution in [0.25, 0.3) is 0 Å². The molecule has 1 aliphatic heterocycles. The number of esters is 1. The summed E-state index contributed by atoms with van der Waals surface area (Å²) in [4.78, 5) is 23.1. The van der Waals surface area contributed by atoms with E-state index in [0.29, 0.717) is 11.3 Å². The number of aryl methyl sites for hydroxylation is 1. The van der Waals surface area contributed by atoms with Crippen molar-refractivity contribution in [1.82, 2.24) is 0 Å². The minimum absolute atomic E-state index is 0.0448. The number of rotatable bonds is 1. The molecule has 4 heteroatoms. The molecule has 1 aliphatic rings. The van der Waals surface area contributed by atoms with Crippen LogP contribution in [0.2, 0.25) is 0 Å². The number of ether oxygens (including phenoxy) is 2. The lowest BCUT2D eigenvalue weighted by Gasteiger charge is -2.23. The summed E-state index contributed by atoms with van der Waals surface area (Å²) < 4.78 is 9.98. The van der Waals surface area contributed by atoms with E-state index in [1.165, 1.54) is 7.11 Å². The maximum Gasteiger partial charge on any atom is 0.347 e. The molecule has 1 heterocycles. The van der Waals surface area contributed by atoms with Gasteiger partial charge >= 0.3 is 5.97 Å². The molecule has 84 valence electrons. The second kappa shape index (κ2) is 3.96. The number of hydrogen-bond donors (Lipinski definition) is 0. The Labute approximate surface area is 93.2 Å². The van der Waals surface area contributed by atoms with Crippen molar-refractivity contribution in [3.05, 3.63) is 29.3 Å². The fourth-order valence-electron chi connectivity index (χ4n) is 1.70. The minimum atomic E-state index is -0.812. The van der Waals surface area contributed by atoms with Crippen molar-refractivity contribution in [2.24, 2.45) is 0 Å². The third-order valence-electron chi connectivity index (χ3n) is 2.54. The van der Waals surface area contributed by atoms with E-state index < -0.39 is 12.1 Å². The topological polar surface area (TPSA) is 52.6 Å². The molecule has 0 aromatic heterocycles. The monoisotopic (exact) mass is 220 g/mol. The van der Waals surface area contributed by atoms with Gasteiger partial charge in [0.05, 0.1) is 19.1 Å². The lowest BCUT2D eigenvalue weighted by Crippen LogP contribution is -2.34. The summed E-state index contributed by atoms with van der Waals surface area (Å²) in [6.45, 7) is 1.90. The van der Waals surface area contributed by atoms with E-state index in [0.717, 1.165) is 5.56 Å². The number of ketones is 1. The van der Waals surface area contributed by atoms with E-state index >= 15 is 0 Å². The van der Waals surface area contributed by atoms with Gasteiger partial charge in [0.25, 0.3) is 0 Å². The Kier molecular flexibility index (Phi) is 2.64. The zero-order chi connectivity index (χ0) is 11.7. The van der Waals surface area contributed by atoms with Gasteiger partial charge in [-0.1, -0.05) is 11.6 Å². The van der Waals surface area contributed by atoms with Crippen LogP contribution in [0.3, 0.4) is 0 Å². The smallest absolute Gasteiger partial charge is 0.347 e. The Bertz CT molecular complexity index is 450. The summed E-state index contributed by atoms with van der Waals surface area (Å²) in [6.07, 6.45) is -0.768. The Balaban J connectivity index is 2.33. The van der Waals surface area contributed by atoms with Crippen LogP contribution in [-0.4, -0.2) is 25.0 Å². The van der Waals surface area contributed by atoms with Crippen molar-refractivity contribution < 1.29 is 19.1 Å². The molecule has 0 saturated heterocycles. The molecule has 16 heavy (non-hydrogen) atoms. The quantitative estimate of drug-likeness (QED) is 0.673. The highest BCUT2D eigenvalue weighted by Crippen LogP contribution is 2.28. The van der Waals surface area contributed by atoms with Gasteiger partial charge in [-0.3, -0.25) is 4.79 Å². The largest absolute Gasteiger partial charge is 0.477 e. The summed E-state index contributed by atoms with van der Waals surface area (Å²) in [7, 11) is 1.28. The van der Waals surface area contributed by atoms with Crippen molar-refractivity contribution in [3.8, 4) is 5.75 Å². The third-order valence-corrected chi connectivity index (χ3v) is 2.54. The SMILES string of the molecule is COC(=O)C1CC(=O)c2cc(C)ccc2O1. The normalized spacial score (nSPS) is 18.6. The van der Waals surface area contributed by atoms with Gasteiger partial charge in [-0.25, -0.2) is 4.79 Å². The standard InChI is InChI=1S/C12H12O4/c1-7-3-4-10-8(5-7)9(13)6-11(16-10)12(14)15-2/h3-5,11H,6H2,1-2H3. The van der Waals surface area contributed by atoms with E-state index in [2.05, 4.69) is 4.74 Å². The average molecular weight is 220 g/mol. The highest BCUT2D eigenvalue weighted by atomic mass is 16.6. The van der Waals surface area contributed by atoms with Crippen LogP contribution in [-0.2, 0) is 9.53 Å². The number of hydrogen-bond acceptors (Lipinski definition) is 4. The molecule has 1 atom stereocenters. The first kappa shape index (κ1) is 10.7. The summed E-state index contributed by atoms with van der Waals surface area (Å²) in [5, 5.41) is 0. The van der Waals surface area contributed by atoms with Crippen molar-refractivity contribution >= 4 is 11.8 Å². The van der Waals surface area contributed by atoms with Crippen LogP contribution in [0, 0.1) is 6.92 Å². The van der Waals surface area contributed by atoms with Gasteiger partial charge in [-0.05, 0) is 19.1 Å². The highest BCUT2D eigenvalue weighted by molar-refractivity contribution is 6.02. The maximum absolute atomic E-state index is 11.8. The van der Waals surface area contributed by atoms with Crippen molar-refractivity contribution in [2.45, 2.75) is 19.4 Å². The number of carbonyl (C=O) groups is 2. The summed E-state index contributed by atoms with van der Waals surface area (Å²) >= 11 is 0. The number of Topliss-reactive ketones (excluding diaryl/α,β-unsaturated/α-hetero) is 1. The summed E-state index contributed by atoms with van der Waals surface area (Å²) in [5.74, 6) is -0.142. The molecule has 0 amide bonds. The molecule has 1 aromatic rings. The predicted octanol–water partition coefficient (Wildman–Crippen LogP) is 1.50. The van der Waals surface area contributed by atoms with Gasteiger partial charge in [-0.15, -0.1) is 0 Å². The lowest BCUT2D eigenvalue weighted by atomic mass is 9.99. The van der Waals surface area contributed by atoms with Crippen LogP contribution in [0.4, 0.5) is 0 Å².